The molecule has 0 aromatic carbocycles. The van der Waals surface area contributed by atoms with E-state index in [1.165, 1.54) is 5.56 Å². The molecule has 0 saturated carbocycles. The second-order valence-electron chi connectivity index (χ2n) is 5.17. The summed E-state index contributed by atoms with van der Waals surface area (Å²) in [6.07, 6.45) is 5.80. The number of pyridine rings is 1. The van der Waals surface area contributed by atoms with E-state index >= 15 is 0 Å². The van der Waals surface area contributed by atoms with E-state index in [0.717, 1.165) is 16.8 Å². The fourth-order valence-corrected chi connectivity index (χ4v) is 2.00. The maximum atomic E-state index is 4.44. The van der Waals surface area contributed by atoms with E-state index in [1.807, 2.05) is 18.5 Å². The maximum absolute atomic E-state index is 4.44. The molecule has 0 bridgehead atoms. The van der Waals surface area contributed by atoms with E-state index < -0.39 is 0 Å². The topological polar surface area (TPSA) is 30.7 Å². The zero-order chi connectivity index (χ0) is 12.5. The van der Waals surface area contributed by atoms with Crippen LogP contribution in [0.15, 0.2) is 35.5 Å². The summed E-state index contributed by atoms with van der Waals surface area (Å²) in [5.41, 5.74) is 2.43. The second-order valence-corrected chi connectivity index (χ2v) is 5.98. The molecule has 2 aromatic heterocycles. The highest BCUT2D eigenvalue weighted by molar-refractivity contribution is 9.10. The van der Waals surface area contributed by atoms with Crippen LogP contribution in [0, 0.1) is 0 Å². The van der Waals surface area contributed by atoms with Crippen LogP contribution in [0.2, 0.25) is 0 Å². The predicted molar refractivity (Wildman–Crippen MR) is 72.0 cm³/mol. The number of halogens is 1. The molecule has 0 amide bonds. The molecule has 17 heavy (non-hydrogen) atoms. The first-order valence-electron chi connectivity index (χ1n) is 5.58. The van der Waals surface area contributed by atoms with Crippen LogP contribution < -0.4 is 0 Å². The molecule has 3 nitrogen and oxygen atoms in total. The SMILES string of the molecule is CC(C)(C)c1cn(Cc2ccnc(Br)c2)cn1. The zero-order valence-electron chi connectivity index (χ0n) is 10.3. The first kappa shape index (κ1) is 12.3. The Kier molecular flexibility index (Phi) is 3.33. The summed E-state index contributed by atoms with van der Waals surface area (Å²) in [4.78, 5) is 8.56. The van der Waals surface area contributed by atoms with Gasteiger partial charge in [0.15, 0.2) is 0 Å². The number of hydrogen-bond donors (Lipinski definition) is 0. The fraction of sp³-hybridized carbons (Fsp3) is 0.385. The Morgan fingerprint density at radius 3 is 2.65 bits per heavy atom. The number of aromatic nitrogens is 3. The molecule has 0 unspecified atom stereocenters. The van der Waals surface area contributed by atoms with Crippen molar-refractivity contribution in [3.63, 3.8) is 0 Å². The molecular formula is C13H16BrN3. The minimum absolute atomic E-state index is 0.101. The van der Waals surface area contributed by atoms with Gasteiger partial charge in [0, 0.05) is 24.4 Å². The Hall–Kier alpha value is -1.16. The smallest absolute Gasteiger partial charge is 0.106 e. The highest BCUT2D eigenvalue weighted by Crippen LogP contribution is 2.20. The van der Waals surface area contributed by atoms with E-state index in [2.05, 4.69) is 57.4 Å². The van der Waals surface area contributed by atoms with Crippen molar-refractivity contribution in [2.75, 3.05) is 0 Å². The van der Waals surface area contributed by atoms with Crippen LogP contribution in [0.25, 0.3) is 0 Å². The Balaban J connectivity index is 2.17. The van der Waals surface area contributed by atoms with Crippen molar-refractivity contribution in [3.05, 3.63) is 46.7 Å². The number of rotatable bonds is 2. The minimum Gasteiger partial charge on any atom is -0.333 e. The van der Waals surface area contributed by atoms with Crippen molar-refractivity contribution in [1.29, 1.82) is 0 Å². The Bertz CT molecular complexity index is 511. The van der Waals surface area contributed by atoms with E-state index in [-0.39, 0.29) is 5.41 Å². The molecule has 0 fully saturated rings. The fourth-order valence-electron chi connectivity index (χ4n) is 1.59. The molecule has 2 aromatic rings. The Labute approximate surface area is 110 Å². The van der Waals surface area contributed by atoms with Gasteiger partial charge in [0.2, 0.25) is 0 Å². The molecular weight excluding hydrogens is 278 g/mol. The van der Waals surface area contributed by atoms with Crippen molar-refractivity contribution in [2.24, 2.45) is 0 Å². The third kappa shape index (κ3) is 3.16. The van der Waals surface area contributed by atoms with Crippen LogP contribution in [-0.4, -0.2) is 14.5 Å². The molecule has 0 aliphatic carbocycles. The lowest BCUT2D eigenvalue weighted by Gasteiger charge is -2.14. The molecule has 0 saturated heterocycles. The lowest BCUT2D eigenvalue weighted by molar-refractivity contribution is 0.571. The standard InChI is InChI=1S/C13H16BrN3/c1-13(2,3)11-8-17(9-16-11)7-10-4-5-15-12(14)6-10/h4-6,8-9H,7H2,1-3H3. The number of hydrogen-bond acceptors (Lipinski definition) is 2. The van der Waals surface area contributed by atoms with Crippen molar-refractivity contribution in [1.82, 2.24) is 14.5 Å². The Morgan fingerprint density at radius 1 is 1.29 bits per heavy atom. The Morgan fingerprint density at radius 2 is 2.06 bits per heavy atom. The van der Waals surface area contributed by atoms with Crippen molar-refractivity contribution >= 4 is 15.9 Å². The summed E-state index contributed by atoms with van der Waals surface area (Å²) in [6.45, 7) is 7.33. The predicted octanol–water partition coefficient (Wildman–Crippen LogP) is 3.39. The molecule has 4 heteroatoms. The number of nitrogens with zero attached hydrogens (tertiary/aromatic N) is 3. The largest absolute Gasteiger partial charge is 0.333 e. The lowest BCUT2D eigenvalue weighted by Crippen LogP contribution is -2.11. The van der Waals surface area contributed by atoms with Crippen LogP contribution in [0.1, 0.15) is 32.0 Å². The van der Waals surface area contributed by atoms with Gasteiger partial charge in [0.05, 0.1) is 12.0 Å². The highest BCUT2D eigenvalue weighted by Gasteiger charge is 2.16. The minimum atomic E-state index is 0.101. The van der Waals surface area contributed by atoms with Crippen LogP contribution in [-0.2, 0) is 12.0 Å². The van der Waals surface area contributed by atoms with E-state index in [0.29, 0.717) is 0 Å². The van der Waals surface area contributed by atoms with Crippen LogP contribution in [0.5, 0.6) is 0 Å². The number of imidazole rings is 1. The molecule has 90 valence electrons. The second kappa shape index (κ2) is 4.61. The molecule has 0 atom stereocenters. The highest BCUT2D eigenvalue weighted by atomic mass is 79.9. The first-order valence-corrected chi connectivity index (χ1v) is 6.37. The van der Waals surface area contributed by atoms with Crippen molar-refractivity contribution in [2.45, 2.75) is 32.7 Å². The molecule has 2 heterocycles. The van der Waals surface area contributed by atoms with Crippen LogP contribution >= 0.6 is 15.9 Å². The monoisotopic (exact) mass is 293 g/mol. The van der Waals surface area contributed by atoms with E-state index in [9.17, 15) is 0 Å². The maximum Gasteiger partial charge on any atom is 0.106 e. The average molecular weight is 294 g/mol. The van der Waals surface area contributed by atoms with E-state index in [1.54, 1.807) is 6.20 Å². The third-order valence-corrected chi connectivity index (χ3v) is 2.99. The summed E-state index contributed by atoms with van der Waals surface area (Å²) < 4.78 is 2.97. The van der Waals surface area contributed by atoms with Gasteiger partial charge in [-0.25, -0.2) is 9.97 Å². The summed E-state index contributed by atoms with van der Waals surface area (Å²) in [5, 5.41) is 0. The summed E-state index contributed by atoms with van der Waals surface area (Å²) in [6, 6.07) is 4.04. The molecule has 0 spiro atoms. The van der Waals surface area contributed by atoms with Gasteiger partial charge in [-0.05, 0) is 33.6 Å². The van der Waals surface area contributed by atoms with Gasteiger partial charge in [0.25, 0.3) is 0 Å². The van der Waals surface area contributed by atoms with Gasteiger partial charge in [0.1, 0.15) is 4.60 Å². The quantitative estimate of drug-likeness (QED) is 0.795. The van der Waals surface area contributed by atoms with Gasteiger partial charge < -0.3 is 4.57 Å². The normalized spacial score (nSPS) is 11.8. The first-order chi connectivity index (χ1) is 7.95. The van der Waals surface area contributed by atoms with Crippen molar-refractivity contribution < 1.29 is 0 Å². The van der Waals surface area contributed by atoms with Crippen molar-refractivity contribution in [3.8, 4) is 0 Å². The molecule has 0 aliphatic heterocycles. The van der Waals surface area contributed by atoms with Gasteiger partial charge in [-0.2, -0.15) is 0 Å². The lowest BCUT2D eigenvalue weighted by atomic mass is 9.93. The van der Waals surface area contributed by atoms with E-state index in [4.69, 9.17) is 0 Å². The van der Waals surface area contributed by atoms with Crippen LogP contribution in [0.4, 0.5) is 0 Å². The molecule has 0 N–H and O–H groups in total. The van der Waals surface area contributed by atoms with Gasteiger partial charge in [-0.3, -0.25) is 0 Å². The summed E-state index contributed by atoms with van der Waals surface area (Å²) >= 11 is 3.38. The van der Waals surface area contributed by atoms with Crippen LogP contribution in [0.3, 0.4) is 0 Å². The molecule has 2 rings (SSSR count). The molecule has 0 aliphatic rings. The molecule has 0 radical (unpaired) electrons. The summed E-state index contributed by atoms with van der Waals surface area (Å²) in [7, 11) is 0. The van der Waals surface area contributed by atoms with Gasteiger partial charge in [-0.1, -0.05) is 20.8 Å². The van der Waals surface area contributed by atoms with Gasteiger partial charge in [-0.15, -0.1) is 0 Å². The van der Waals surface area contributed by atoms with Gasteiger partial charge >= 0.3 is 0 Å². The zero-order valence-corrected chi connectivity index (χ0v) is 11.9. The summed E-state index contributed by atoms with van der Waals surface area (Å²) in [5.74, 6) is 0. The average Bonchev–Trinajstić information content (AvgIpc) is 2.65. The third-order valence-electron chi connectivity index (χ3n) is 2.56.